The van der Waals surface area contributed by atoms with Gasteiger partial charge in [0, 0.05) is 17.4 Å². The summed E-state index contributed by atoms with van der Waals surface area (Å²) in [6.07, 6.45) is 1.38. The van der Waals surface area contributed by atoms with E-state index in [1.54, 1.807) is 35.0 Å². The molecule has 0 saturated heterocycles. The summed E-state index contributed by atoms with van der Waals surface area (Å²) in [5.41, 5.74) is 2.14. The van der Waals surface area contributed by atoms with Gasteiger partial charge in [-0.3, -0.25) is 4.72 Å². The molecule has 2 heterocycles. The first-order valence-corrected chi connectivity index (χ1v) is 10.7. The minimum Gasteiger partial charge on any atom is -0.439 e. The topological polar surface area (TPSA) is 99.0 Å². The van der Waals surface area contributed by atoms with Crippen molar-refractivity contribution in [1.29, 1.82) is 0 Å². The molecule has 0 radical (unpaired) electrons. The molecule has 10 heteroatoms. The number of halogens is 1. The van der Waals surface area contributed by atoms with Crippen molar-refractivity contribution in [2.24, 2.45) is 0 Å². The molecule has 0 amide bonds. The molecule has 0 fully saturated rings. The van der Waals surface area contributed by atoms with Crippen molar-refractivity contribution in [3.8, 4) is 17.4 Å². The first kappa shape index (κ1) is 20.5. The van der Waals surface area contributed by atoms with E-state index in [0.717, 1.165) is 23.5 Å². The number of hydrogen-bond acceptors (Lipinski definition) is 6. The molecule has 158 valence electrons. The van der Waals surface area contributed by atoms with Gasteiger partial charge in [-0.25, -0.2) is 27.5 Å². The van der Waals surface area contributed by atoms with Crippen LogP contribution in [-0.2, 0) is 10.0 Å². The summed E-state index contributed by atoms with van der Waals surface area (Å²) in [5.74, 6) is 0.838. The van der Waals surface area contributed by atoms with Crippen LogP contribution in [0.25, 0.3) is 5.82 Å². The molecule has 0 aliphatic rings. The number of benzene rings is 2. The number of sulfonamides is 1. The molecule has 0 spiro atoms. The summed E-state index contributed by atoms with van der Waals surface area (Å²) >= 11 is 0. The van der Waals surface area contributed by atoms with Gasteiger partial charge < -0.3 is 4.74 Å². The Morgan fingerprint density at radius 1 is 0.968 bits per heavy atom. The number of rotatable bonds is 6. The highest BCUT2D eigenvalue weighted by atomic mass is 32.2. The van der Waals surface area contributed by atoms with Crippen LogP contribution >= 0.6 is 0 Å². The van der Waals surface area contributed by atoms with Crippen LogP contribution in [0.1, 0.15) is 11.4 Å². The number of ether oxygens (including phenoxy) is 1. The van der Waals surface area contributed by atoms with Gasteiger partial charge in [0.1, 0.15) is 17.9 Å². The van der Waals surface area contributed by atoms with Crippen molar-refractivity contribution < 1.29 is 17.5 Å². The lowest BCUT2D eigenvalue weighted by molar-refractivity contribution is 0.460. The van der Waals surface area contributed by atoms with Crippen LogP contribution in [0.3, 0.4) is 0 Å². The highest BCUT2D eigenvalue weighted by Crippen LogP contribution is 2.24. The quantitative estimate of drug-likeness (QED) is 0.487. The van der Waals surface area contributed by atoms with Gasteiger partial charge in [-0.2, -0.15) is 5.10 Å². The van der Waals surface area contributed by atoms with Crippen molar-refractivity contribution in [1.82, 2.24) is 19.7 Å². The van der Waals surface area contributed by atoms with Gasteiger partial charge in [-0.05, 0) is 68.4 Å². The average molecular weight is 439 g/mol. The third kappa shape index (κ3) is 4.69. The zero-order valence-electron chi connectivity index (χ0n) is 16.7. The van der Waals surface area contributed by atoms with Gasteiger partial charge in [0.25, 0.3) is 10.0 Å². The van der Waals surface area contributed by atoms with E-state index in [-0.39, 0.29) is 4.90 Å². The van der Waals surface area contributed by atoms with E-state index in [2.05, 4.69) is 19.8 Å². The van der Waals surface area contributed by atoms with Crippen molar-refractivity contribution in [2.75, 3.05) is 4.72 Å². The molecule has 0 aliphatic carbocycles. The maximum Gasteiger partial charge on any atom is 0.261 e. The number of aryl methyl sites for hydroxylation is 2. The van der Waals surface area contributed by atoms with Crippen molar-refractivity contribution in [3.05, 3.63) is 84.2 Å². The molecular formula is C21H18FN5O3S. The van der Waals surface area contributed by atoms with Gasteiger partial charge in [0.2, 0.25) is 5.88 Å². The van der Waals surface area contributed by atoms with Crippen LogP contribution in [0.2, 0.25) is 0 Å². The zero-order valence-corrected chi connectivity index (χ0v) is 17.5. The third-order valence-electron chi connectivity index (χ3n) is 4.31. The Bertz CT molecular complexity index is 1320. The van der Waals surface area contributed by atoms with Gasteiger partial charge in [0.05, 0.1) is 10.6 Å². The molecular weight excluding hydrogens is 421 g/mol. The zero-order chi connectivity index (χ0) is 22.0. The van der Waals surface area contributed by atoms with E-state index in [4.69, 9.17) is 4.74 Å². The number of nitrogens with one attached hydrogen (secondary N) is 1. The monoisotopic (exact) mass is 439 g/mol. The smallest absolute Gasteiger partial charge is 0.261 e. The van der Waals surface area contributed by atoms with E-state index in [1.807, 2.05) is 19.9 Å². The third-order valence-corrected chi connectivity index (χ3v) is 5.70. The first-order chi connectivity index (χ1) is 14.8. The second-order valence-corrected chi connectivity index (χ2v) is 8.42. The van der Waals surface area contributed by atoms with Gasteiger partial charge >= 0.3 is 0 Å². The first-order valence-electron chi connectivity index (χ1n) is 9.22. The molecule has 4 aromatic rings. The minimum atomic E-state index is -3.83. The number of anilines is 1. The van der Waals surface area contributed by atoms with Crippen molar-refractivity contribution >= 4 is 15.7 Å². The molecule has 8 nitrogen and oxygen atoms in total. The maximum absolute atomic E-state index is 13.0. The highest BCUT2D eigenvalue weighted by Gasteiger charge is 2.14. The predicted molar refractivity (Wildman–Crippen MR) is 112 cm³/mol. The lowest BCUT2D eigenvalue weighted by Gasteiger charge is -2.10. The summed E-state index contributed by atoms with van der Waals surface area (Å²) in [7, 11) is -3.83. The number of hydrogen-bond donors (Lipinski definition) is 1. The fourth-order valence-corrected chi connectivity index (χ4v) is 3.96. The lowest BCUT2D eigenvalue weighted by Crippen LogP contribution is -2.12. The van der Waals surface area contributed by atoms with E-state index < -0.39 is 15.8 Å². The van der Waals surface area contributed by atoms with E-state index >= 15 is 0 Å². The van der Waals surface area contributed by atoms with Crippen molar-refractivity contribution in [3.63, 3.8) is 0 Å². The molecule has 0 atom stereocenters. The largest absolute Gasteiger partial charge is 0.439 e. The SMILES string of the molecule is Cc1cc(C)n(-c2cc(Oc3ccc(NS(=O)(=O)c4ccc(F)cc4)cc3)ncn2)n1. The normalized spacial score (nSPS) is 11.3. The summed E-state index contributed by atoms with van der Waals surface area (Å²) in [6.45, 7) is 3.82. The van der Waals surface area contributed by atoms with E-state index in [9.17, 15) is 12.8 Å². The molecule has 4 rings (SSSR count). The number of nitrogens with zero attached hydrogens (tertiary/aromatic N) is 4. The molecule has 0 saturated carbocycles. The molecule has 2 aromatic carbocycles. The summed E-state index contributed by atoms with van der Waals surface area (Å²) in [5, 5.41) is 4.39. The molecule has 2 aromatic heterocycles. The average Bonchev–Trinajstić information content (AvgIpc) is 3.08. The Morgan fingerprint density at radius 3 is 2.32 bits per heavy atom. The van der Waals surface area contributed by atoms with Gasteiger partial charge in [-0.15, -0.1) is 0 Å². The summed E-state index contributed by atoms with van der Waals surface area (Å²) in [4.78, 5) is 8.30. The Morgan fingerprint density at radius 2 is 1.68 bits per heavy atom. The second kappa shape index (κ2) is 8.15. The molecule has 31 heavy (non-hydrogen) atoms. The summed E-state index contributed by atoms with van der Waals surface area (Å²) in [6, 6.07) is 14.5. The maximum atomic E-state index is 13.0. The lowest BCUT2D eigenvalue weighted by atomic mass is 10.3. The van der Waals surface area contributed by atoms with Crippen LogP contribution in [0.4, 0.5) is 10.1 Å². The van der Waals surface area contributed by atoms with Crippen LogP contribution in [0.5, 0.6) is 11.6 Å². The molecule has 0 aliphatic heterocycles. The Balaban J connectivity index is 1.48. The molecule has 0 unspecified atom stereocenters. The second-order valence-electron chi connectivity index (χ2n) is 6.74. The Hall–Kier alpha value is -3.79. The van der Waals surface area contributed by atoms with Crippen molar-refractivity contribution in [2.45, 2.75) is 18.7 Å². The predicted octanol–water partition coefficient (Wildman–Crippen LogP) is 4.01. The standard InChI is InChI=1S/C21H18FN5O3S/c1-14-11-15(2)27(25-14)20-12-21(24-13-23-20)30-18-7-5-17(6-8-18)26-31(28,29)19-9-3-16(22)4-10-19/h3-13,26H,1-2H3. The molecule has 0 bridgehead atoms. The summed E-state index contributed by atoms with van der Waals surface area (Å²) < 4.78 is 47.7. The van der Waals surface area contributed by atoms with E-state index in [1.165, 1.54) is 18.5 Å². The fraction of sp³-hybridized carbons (Fsp3) is 0.0952. The minimum absolute atomic E-state index is 0.0353. The van der Waals surface area contributed by atoms with Crippen LogP contribution in [0.15, 0.2) is 71.9 Å². The van der Waals surface area contributed by atoms with Crippen LogP contribution < -0.4 is 9.46 Å². The Kier molecular flexibility index (Phi) is 5.38. The van der Waals surface area contributed by atoms with Gasteiger partial charge in [-0.1, -0.05) is 0 Å². The number of aromatic nitrogens is 4. The molecule has 1 N–H and O–H groups in total. The van der Waals surface area contributed by atoms with E-state index in [0.29, 0.717) is 23.1 Å². The van der Waals surface area contributed by atoms with Crippen LogP contribution in [-0.4, -0.2) is 28.2 Å². The fourth-order valence-electron chi connectivity index (χ4n) is 2.90. The van der Waals surface area contributed by atoms with Crippen LogP contribution in [0, 0.1) is 19.7 Å². The van der Waals surface area contributed by atoms with Gasteiger partial charge in [0.15, 0.2) is 5.82 Å². The highest BCUT2D eigenvalue weighted by molar-refractivity contribution is 7.92. The Labute approximate surface area is 178 Å².